The molecule has 0 saturated heterocycles. The van der Waals surface area contributed by atoms with Crippen molar-refractivity contribution in [1.82, 2.24) is 0 Å². The molecule has 0 aromatic rings. The standard InChI is InChI=1S/C9H17N3O2/c1-8(2,3)14-7(13)6(10)5-9(4)11-12-9/h6H,5,10H2,1-4H3/t6-/m1/s1. The average Bonchev–Trinajstić information content (AvgIpc) is 2.63. The lowest BCUT2D eigenvalue weighted by atomic mass is 10.1. The lowest BCUT2D eigenvalue weighted by molar-refractivity contribution is -0.156. The van der Waals surface area contributed by atoms with E-state index in [-0.39, 0.29) is 0 Å². The van der Waals surface area contributed by atoms with E-state index in [1.165, 1.54) is 0 Å². The van der Waals surface area contributed by atoms with E-state index in [2.05, 4.69) is 10.2 Å². The molecule has 0 aliphatic carbocycles. The van der Waals surface area contributed by atoms with Crippen molar-refractivity contribution in [2.24, 2.45) is 16.0 Å². The molecule has 5 heteroatoms. The molecule has 2 N–H and O–H groups in total. The van der Waals surface area contributed by atoms with Gasteiger partial charge in [0.05, 0.1) is 0 Å². The minimum atomic E-state index is -0.644. The van der Waals surface area contributed by atoms with Crippen molar-refractivity contribution in [3.63, 3.8) is 0 Å². The fourth-order valence-corrected chi connectivity index (χ4v) is 1.04. The highest BCUT2D eigenvalue weighted by molar-refractivity contribution is 5.76. The van der Waals surface area contributed by atoms with Crippen LogP contribution in [0.1, 0.15) is 34.1 Å². The molecule has 0 amide bonds. The highest BCUT2D eigenvalue weighted by Crippen LogP contribution is 2.31. The van der Waals surface area contributed by atoms with Crippen LogP contribution in [0.3, 0.4) is 0 Å². The molecule has 0 aromatic heterocycles. The first-order valence-electron chi connectivity index (χ1n) is 4.64. The molecular formula is C9H17N3O2. The predicted molar refractivity (Wildman–Crippen MR) is 51.7 cm³/mol. The number of carbonyl (C=O) groups is 1. The molecule has 0 spiro atoms. The van der Waals surface area contributed by atoms with Crippen LogP contribution in [-0.2, 0) is 9.53 Å². The molecule has 80 valence electrons. The Kier molecular flexibility index (Phi) is 2.63. The summed E-state index contributed by atoms with van der Waals surface area (Å²) in [5.74, 6) is -0.393. The summed E-state index contributed by atoms with van der Waals surface area (Å²) >= 11 is 0. The Labute approximate surface area is 83.7 Å². The summed E-state index contributed by atoms with van der Waals surface area (Å²) in [4.78, 5) is 11.4. The number of nitrogens with two attached hydrogens (primary N) is 1. The van der Waals surface area contributed by atoms with Gasteiger partial charge < -0.3 is 10.5 Å². The molecule has 0 aromatic carbocycles. The molecule has 1 rings (SSSR count). The molecule has 5 nitrogen and oxygen atoms in total. The van der Waals surface area contributed by atoms with Crippen molar-refractivity contribution in [3.05, 3.63) is 0 Å². The van der Waals surface area contributed by atoms with Crippen LogP contribution >= 0.6 is 0 Å². The molecule has 0 bridgehead atoms. The molecule has 0 unspecified atom stereocenters. The Morgan fingerprint density at radius 1 is 1.50 bits per heavy atom. The first-order valence-corrected chi connectivity index (χ1v) is 4.64. The molecule has 14 heavy (non-hydrogen) atoms. The van der Waals surface area contributed by atoms with E-state index < -0.39 is 23.3 Å². The minimum absolute atomic E-state index is 0.393. The lowest BCUT2D eigenvalue weighted by Gasteiger charge is -2.22. The Bertz CT molecular complexity index is 262. The van der Waals surface area contributed by atoms with E-state index in [1.807, 2.05) is 27.7 Å². The van der Waals surface area contributed by atoms with Gasteiger partial charge in [0.25, 0.3) is 0 Å². The minimum Gasteiger partial charge on any atom is -0.459 e. The van der Waals surface area contributed by atoms with Gasteiger partial charge in [0.2, 0.25) is 0 Å². The highest BCUT2D eigenvalue weighted by atomic mass is 16.6. The molecular weight excluding hydrogens is 182 g/mol. The van der Waals surface area contributed by atoms with Gasteiger partial charge in [0, 0.05) is 6.42 Å². The van der Waals surface area contributed by atoms with Crippen LogP contribution in [-0.4, -0.2) is 23.3 Å². The molecule has 0 saturated carbocycles. The topological polar surface area (TPSA) is 77.0 Å². The number of nitrogens with zero attached hydrogens (tertiary/aromatic N) is 2. The van der Waals surface area contributed by atoms with Crippen molar-refractivity contribution in [2.45, 2.75) is 51.4 Å². The van der Waals surface area contributed by atoms with E-state index in [9.17, 15) is 4.79 Å². The third-order valence-corrected chi connectivity index (χ3v) is 1.76. The zero-order valence-corrected chi connectivity index (χ0v) is 9.07. The molecule has 1 aliphatic heterocycles. The quantitative estimate of drug-likeness (QED) is 0.694. The summed E-state index contributed by atoms with van der Waals surface area (Å²) in [6, 6.07) is -0.644. The fourth-order valence-electron chi connectivity index (χ4n) is 1.04. The van der Waals surface area contributed by atoms with Gasteiger partial charge in [-0.2, -0.15) is 10.2 Å². The number of hydrogen-bond acceptors (Lipinski definition) is 5. The maximum atomic E-state index is 11.4. The van der Waals surface area contributed by atoms with Gasteiger partial charge in [-0.05, 0) is 27.7 Å². The summed E-state index contributed by atoms with van der Waals surface area (Å²) in [6.07, 6.45) is 0.419. The monoisotopic (exact) mass is 199 g/mol. The molecule has 1 aliphatic rings. The first kappa shape index (κ1) is 11.1. The number of ether oxygens (including phenoxy) is 1. The normalized spacial score (nSPS) is 20.4. The van der Waals surface area contributed by atoms with E-state index in [0.29, 0.717) is 6.42 Å². The van der Waals surface area contributed by atoms with Gasteiger partial charge in [-0.3, -0.25) is 4.79 Å². The SMILES string of the molecule is CC1(C[C@@H](N)C(=O)OC(C)(C)C)N=N1. The molecule has 1 heterocycles. The highest BCUT2D eigenvalue weighted by Gasteiger charge is 2.38. The second-order valence-corrected chi connectivity index (χ2v) is 4.76. The third kappa shape index (κ3) is 3.41. The van der Waals surface area contributed by atoms with Gasteiger partial charge in [0.15, 0.2) is 5.66 Å². The summed E-state index contributed by atoms with van der Waals surface area (Å²) in [6.45, 7) is 7.26. The van der Waals surface area contributed by atoms with Crippen LogP contribution in [0.5, 0.6) is 0 Å². The Balaban J connectivity index is 2.37. The number of rotatable bonds is 3. The van der Waals surface area contributed by atoms with Gasteiger partial charge >= 0.3 is 5.97 Å². The fraction of sp³-hybridized carbons (Fsp3) is 0.889. The summed E-state index contributed by atoms with van der Waals surface area (Å²) < 4.78 is 5.13. The Hall–Kier alpha value is -0.970. The van der Waals surface area contributed by atoms with E-state index >= 15 is 0 Å². The maximum absolute atomic E-state index is 11.4. The predicted octanol–water partition coefficient (Wildman–Crippen LogP) is 1.23. The summed E-state index contributed by atoms with van der Waals surface area (Å²) in [5, 5.41) is 7.58. The van der Waals surface area contributed by atoms with Crippen LogP contribution in [0.2, 0.25) is 0 Å². The van der Waals surface area contributed by atoms with Crippen molar-refractivity contribution >= 4 is 5.97 Å². The van der Waals surface area contributed by atoms with Gasteiger partial charge in [-0.1, -0.05) is 0 Å². The number of esters is 1. The number of hydrogen-bond donors (Lipinski definition) is 1. The van der Waals surface area contributed by atoms with Gasteiger partial charge in [-0.25, -0.2) is 0 Å². The summed E-state index contributed by atoms with van der Waals surface area (Å²) in [7, 11) is 0. The zero-order chi connectivity index (χ0) is 11.0. The molecule has 0 radical (unpaired) electrons. The van der Waals surface area contributed by atoms with E-state index in [4.69, 9.17) is 10.5 Å². The van der Waals surface area contributed by atoms with Crippen molar-refractivity contribution in [2.75, 3.05) is 0 Å². The van der Waals surface area contributed by atoms with Gasteiger partial charge in [0.1, 0.15) is 11.6 Å². The molecule has 1 atom stereocenters. The van der Waals surface area contributed by atoms with Gasteiger partial charge in [-0.15, -0.1) is 0 Å². The van der Waals surface area contributed by atoms with E-state index in [0.717, 1.165) is 0 Å². The lowest BCUT2D eigenvalue weighted by Crippen LogP contribution is -2.39. The smallest absolute Gasteiger partial charge is 0.323 e. The zero-order valence-electron chi connectivity index (χ0n) is 9.07. The summed E-state index contributed by atoms with van der Waals surface area (Å²) in [5.41, 5.74) is 4.72. The second kappa shape index (κ2) is 3.31. The number of carbonyl (C=O) groups excluding carboxylic acids is 1. The van der Waals surface area contributed by atoms with Crippen LogP contribution in [0.15, 0.2) is 10.2 Å². The first-order chi connectivity index (χ1) is 6.22. The third-order valence-electron chi connectivity index (χ3n) is 1.76. The Morgan fingerprint density at radius 2 is 2.00 bits per heavy atom. The maximum Gasteiger partial charge on any atom is 0.323 e. The van der Waals surface area contributed by atoms with Crippen LogP contribution in [0, 0.1) is 0 Å². The average molecular weight is 199 g/mol. The van der Waals surface area contributed by atoms with Crippen LogP contribution in [0.4, 0.5) is 0 Å². The van der Waals surface area contributed by atoms with Crippen LogP contribution in [0.25, 0.3) is 0 Å². The van der Waals surface area contributed by atoms with Crippen molar-refractivity contribution < 1.29 is 9.53 Å². The van der Waals surface area contributed by atoms with Crippen molar-refractivity contribution in [1.29, 1.82) is 0 Å². The van der Waals surface area contributed by atoms with Crippen LogP contribution < -0.4 is 5.73 Å². The molecule has 0 fully saturated rings. The largest absolute Gasteiger partial charge is 0.459 e. The second-order valence-electron chi connectivity index (χ2n) is 4.76. The Morgan fingerprint density at radius 3 is 2.36 bits per heavy atom. The van der Waals surface area contributed by atoms with Crippen molar-refractivity contribution in [3.8, 4) is 0 Å². The van der Waals surface area contributed by atoms with E-state index in [1.54, 1.807) is 0 Å².